The van der Waals surface area contributed by atoms with Gasteiger partial charge < -0.3 is 15.3 Å². The maximum Gasteiger partial charge on any atom is 0.327 e. The highest BCUT2D eigenvalue weighted by Crippen LogP contribution is 2.51. The summed E-state index contributed by atoms with van der Waals surface area (Å²) in [5.41, 5.74) is 4.36. The first-order valence-electron chi connectivity index (χ1n) is 12.9. The number of hydrogen-bond acceptors (Lipinski definition) is 3. The second-order valence-electron chi connectivity index (χ2n) is 10.0. The van der Waals surface area contributed by atoms with Crippen molar-refractivity contribution in [3.63, 3.8) is 0 Å². The van der Waals surface area contributed by atoms with E-state index in [1.807, 2.05) is 92.7 Å². The highest BCUT2D eigenvalue weighted by molar-refractivity contribution is 6.02. The largest absolute Gasteiger partial charge is 0.480 e. The first-order chi connectivity index (χ1) is 18.8. The van der Waals surface area contributed by atoms with Crippen molar-refractivity contribution in [1.82, 2.24) is 4.90 Å². The zero-order chi connectivity index (χ0) is 27.5. The molecule has 6 heteroatoms. The van der Waals surface area contributed by atoms with Crippen LogP contribution in [0.2, 0.25) is 0 Å². The molecule has 4 aromatic carbocycles. The number of rotatable bonds is 6. The summed E-state index contributed by atoms with van der Waals surface area (Å²) in [7, 11) is 0. The first kappa shape index (κ1) is 25.9. The number of anilines is 1. The quantitative estimate of drug-likeness (QED) is 0.281. The number of carboxylic acid groups (broad SMARTS) is 1. The third kappa shape index (κ3) is 5.18. The molecule has 4 unspecified atom stereocenters. The Morgan fingerprint density at radius 1 is 0.718 bits per heavy atom. The SMILES string of the molecule is Cc1cccc(NC(=O)N2C(C(=O)O)C(c3ccccc3)C(C(=O)c3ccccc3)C2c2cccc(C)c2)c1. The van der Waals surface area contributed by atoms with Crippen molar-refractivity contribution < 1.29 is 19.5 Å². The molecule has 0 radical (unpaired) electrons. The fourth-order valence-electron chi connectivity index (χ4n) is 5.74. The molecule has 0 bridgehead atoms. The minimum Gasteiger partial charge on any atom is -0.480 e. The average molecular weight is 519 g/mol. The maximum atomic E-state index is 14.3. The Morgan fingerprint density at radius 3 is 1.92 bits per heavy atom. The summed E-state index contributed by atoms with van der Waals surface area (Å²) in [6.07, 6.45) is 0. The van der Waals surface area contributed by atoms with Crippen molar-refractivity contribution in [3.8, 4) is 0 Å². The van der Waals surface area contributed by atoms with Crippen LogP contribution in [0.15, 0.2) is 109 Å². The molecule has 6 nitrogen and oxygen atoms in total. The molecule has 0 spiro atoms. The Bertz CT molecular complexity index is 1500. The Balaban J connectivity index is 1.72. The van der Waals surface area contributed by atoms with Gasteiger partial charge in [0.05, 0.1) is 12.0 Å². The summed E-state index contributed by atoms with van der Waals surface area (Å²) in [5, 5.41) is 13.5. The molecular weight excluding hydrogens is 488 g/mol. The summed E-state index contributed by atoms with van der Waals surface area (Å²) < 4.78 is 0. The van der Waals surface area contributed by atoms with E-state index in [1.165, 1.54) is 4.90 Å². The van der Waals surface area contributed by atoms with Crippen molar-refractivity contribution >= 4 is 23.5 Å². The summed E-state index contributed by atoms with van der Waals surface area (Å²) >= 11 is 0. The van der Waals surface area contributed by atoms with Gasteiger partial charge in [0, 0.05) is 17.2 Å². The van der Waals surface area contributed by atoms with E-state index in [0.717, 1.165) is 11.1 Å². The number of aryl methyl sites for hydroxylation is 2. The monoisotopic (exact) mass is 518 g/mol. The van der Waals surface area contributed by atoms with Crippen molar-refractivity contribution in [3.05, 3.63) is 137 Å². The number of amides is 2. The van der Waals surface area contributed by atoms with E-state index >= 15 is 0 Å². The molecule has 0 aliphatic carbocycles. The van der Waals surface area contributed by atoms with Gasteiger partial charge in [-0.2, -0.15) is 0 Å². The van der Waals surface area contributed by atoms with Crippen molar-refractivity contribution in [2.45, 2.75) is 31.8 Å². The number of ketones is 1. The number of likely N-dealkylation sites (tertiary alicyclic amines) is 1. The highest BCUT2D eigenvalue weighted by atomic mass is 16.4. The number of nitrogens with one attached hydrogen (secondary N) is 1. The van der Waals surface area contributed by atoms with Crippen LogP contribution >= 0.6 is 0 Å². The summed E-state index contributed by atoms with van der Waals surface area (Å²) in [5.74, 6) is -2.97. The van der Waals surface area contributed by atoms with Crippen LogP contribution in [-0.4, -0.2) is 33.8 Å². The van der Waals surface area contributed by atoms with Crippen molar-refractivity contribution in [1.29, 1.82) is 0 Å². The molecule has 4 atom stereocenters. The molecule has 1 aliphatic heterocycles. The number of nitrogens with zero attached hydrogens (tertiary/aromatic N) is 1. The zero-order valence-corrected chi connectivity index (χ0v) is 21.8. The fraction of sp³-hybridized carbons (Fsp3) is 0.182. The van der Waals surface area contributed by atoms with Crippen LogP contribution < -0.4 is 5.32 Å². The second-order valence-corrected chi connectivity index (χ2v) is 10.0. The van der Waals surface area contributed by atoms with Gasteiger partial charge in [-0.15, -0.1) is 0 Å². The molecule has 0 saturated carbocycles. The van der Waals surface area contributed by atoms with Crippen LogP contribution in [0.1, 0.15) is 44.6 Å². The minimum atomic E-state index is -1.28. The lowest BCUT2D eigenvalue weighted by Gasteiger charge is -2.30. The standard InChI is InChI=1S/C33H30N2O4/c1-21-11-9-17-25(19-21)29-28(31(36)24-15-7-4-8-16-24)27(23-13-5-3-6-14-23)30(32(37)38)35(29)33(39)34-26-18-10-12-22(2)20-26/h3-20,27-30H,1-2H3,(H,34,39)(H,37,38). The zero-order valence-electron chi connectivity index (χ0n) is 21.8. The molecule has 4 aromatic rings. The van der Waals surface area contributed by atoms with Gasteiger partial charge >= 0.3 is 12.0 Å². The number of aliphatic carboxylic acids is 1. The van der Waals surface area contributed by atoms with Crippen LogP contribution in [0.5, 0.6) is 0 Å². The van der Waals surface area contributed by atoms with Crippen LogP contribution in [0, 0.1) is 19.8 Å². The predicted octanol–water partition coefficient (Wildman–Crippen LogP) is 6.63. The van der Waals surface area contributed by atoms with Gasteiger partial charge in [-0.05, 0) is 42.7 Å². The number of carboxylic acids is 1. The normalized spacial score (nSPS) is 20.4. The van der Waals surface area contributed by atoms with E-state index in [1.54, 1.807) is 30.3 Å². The molecule has 1 heterocycles. The number of hydrogen-bond donors (Lipinski definition) is 2. The van der Waals surface area contributed by atoms with E-state index < -0.39 is 35.9 Å². The topological polar surface area (TPSA) is 86.7 Å². The molecule has 1 saturated heterocycles. The van der Waals surface area contributed by atoms with E-state index in [2.05, 4.69) is 5.32 Å². The van der Waals surface area contributed by atoms with E-state index in [4.69, 9.17) is 0 Å². The molecule has 2 amide bonds. The third-order valence-corrected chi connectivity index (χ3v) is 7.35. The molecule has 2 N–H and O–H groups in total. The number of carbonyl (C=O) groups is 3. The molecule has 39 heavy (non-hydrogen) atoms. The maximum absolute atomic E-state index is 14.3. The minimum absolute atomic E-state index is 0.201. The van der Waals surface area contributed by atoms with Gasteiger partial charge in [-0.3, -0.25) is 4.79 Å². The molecule has 0 aromatic heterocycles. The molecule has 196 valence electrons. The number of carbonyl (C=O) groups excluding carboxylic acids is 2. The molecule has 1 aliphatic rings. The summed E-state index contributed by atoms with van der Waals surface area (Å²) in [6.45, 7) is 3.86. The van der Waals surface area contributed by atoms with Gasteiger partial charge in [0.15, 0.2) is 5.78 Å². The molecular formula is C33H30N2O4. The Kier molecular flexibility index (Phi) is 7.28. The lowest BCUT2D eigenvalue weighted by atomic mass is 9.76. The Hall–Kier alpha value is -4.71. The lowest BCUT2D eigenvalue weighted by Crippen LogP contribution is -2.45. The van der Waals surface area contributed by atoms with Gasteiger partial charge in [0.2, 0.25) is 0 Å². The smallest absolute Gasteiger partial charge is 0.327 e. The predicted molar refractivity (Wildman–Crippen MR) is 151 cm³/mol. The van der Waals surface area contributed by atoms with Crippen molar-refractivity contribution in [2.75, 3.05) is 5.32 Å². The Morgan fingerprint density at radius 2 is 1.31 bits per heavy atom. The molecule has 5 rings (SSSR count). The summed E-state index contributed by atoms with van der Waals surface area (Å²) in [6, 6.07) is 30.3. The lowest BCUT2D eigenvalue weighted by molar-refractivity contribution is -0.142. The van der Waals surface area contributed by atoms with Crippen LogP contribution in [0.3, 0.4) is 0 Å². The molecule has 1 fully saturated rings. The van der Waals surface area contributed by atoms with E-state index in [9.17, 15) is 19.5 Å². The van der Waals surface area contributed by atoms with E-state index in [0.29, 0.717) is 22.4 Å². The average Bonchev–Trinajstić information content (AvgIpc) is 3.30. The van der Waals surface area contributed by atoms with Gasteiger partial charge in [-0.1, -0.05) is 103 Å². The van der Waals surface area contributed by atoms with Crippen LogP contribution in [0.4, 0.5) is 10.5 Å². The van der Waals surface area contributed by atoms with Gasteiger partial charge in [-0.25, -0.2) is 9.59 Å². The highest BCUT2D eigenvalue weighted by Gasteiger charge is 2.57. The summed E-state index contributed by atoms with van der Waals surface area (Å²) in [4.78, 5) is 42.7. The first-order valence-corrected chi connectivity index (χ1v) is 12.9. The number of urea groups is 1. The van der Waals surface area contributed by atoms with Gasteiger partial charge in [0.1, 0.15) is 6.04 Å². The Labute approximate surface area is 227 Å². The van der Waals surface area contributed by atoms with Crippen molar-refractivity contribution in [2.24, 2.45) is 5.92 Å². The van der Waals surface area contributed by atoms with Gasteiger partial charge in [0.25, 0.3) is 0 Å². The second kappa shape index (κ2) is 11.0. The van der Waals surface area contributed by atoms with Crippen LogP contribution in [-0.2, 0) is 4.79 Å². The number of benzene rings is 4. The van der Waals surface area contributed by atoms with E-state index in [-0.39, 0.29) is 5.78 Å². The third-order valence-electron chi connectivity index (χ3n) is 7.35. The number of Topliss-reactive ketones (excluding diaryl/α,β-unsaturated/α-hetero) is 1. The van der Waals surface area contributed by atoms with Crippen LogP contribution in [0.25, 0.3) is 0 Å². The fourth-order valence-corrected chi connectivity index (χ4v) is 5.74.